The molecular formula is C19H21NO5. The van der Waals surface area contributed by atoms with Crippen molar-refractivity contribution in [2.45, 2.75) is 37.9 Å². The highest BCUT2D eigenvalue weighted by Gasteiger charge is 2.48. The van der Waals surface area contributed by atoms with E-state index in [4.69, 9.17) is 14.2 Å². The molecule has 1 aromatic carbocycles. The fraction of sp³-hybridized carbons (Fsp3) is 0.368. The number of aliphatic hydroxyl groups is 1. The van der Waals surface area contributed by atoms with Crippen LogP contribution in [-0.2, 0) is 32.0 Å². The molecule has 1 aliphatic rings. The Labute approximate surface area is 146 Å². The van der Waals surface area contributed by atoms with E-state index in [0.717, 1.165) is 5.56 Å². The van der Waals surface area contributed by atoms with Gasteiger partial charge in [0.05, 0.1) is 12.3 Å². The molecule has 0 aliphatic carbocycles. The van der Waals surface area contributed by atoms with E-state index in [0.29, 0.717) is 12.1 Å². The van der Waals surface area contributed by atoms with Crippen LogP contribution in [0.25, 0.3) is 0 Å². The van der Waals surface area contributed by atoms with E-state index < -0.39 is 24.0 Å². The largest absolute Gasteiger partial charge is 0.457 e. The van der Waals surface area contributed by atoms with Gasteiger partial charge in [0, 0.05) is 12.6 Å². The number of carbonyl (C=O) groups excluding carboxylic acids is 1. The maximum atomic E-state index is 12.4. The lowest BCUT2D eigenvalue weighted by Crippen LogP contribution is -2.35. The van der Waals surface area contributed by atoms with Crippen molar-refractivity contribution in [3.63, 3.8) is 0 Å². The summed E-state index contributed by atoms with van der Waals surface area (Å²) in [7, 11) is 0. The quantitative estimate of drug-likeness (QED) is 0.807. The van der Waals surface area contributed by atoms with Gasteiger partial charge in [0.1, 0.15) is 12.7 Å². The highest BCUT2D eigenvalue weighted by Crippen LogP contribution is 2.32. The van der Waals surface area contributed by atoms with Gasteiger partial charge < -0.3 is 19.3 Å². The molecule has 6 nitrogen and oxygen atoms in total. The van der Waals surface area contributed by atoms with Crippen LogP contribution in [0.3, 0.4) is 0 Å². The van der Waals surface area contributed by atoms with Crippen LogP contribution in [0.2, 0.25) is 0 Å². The van der Waals surface area contributed by atoms with Crippen LogP contribution in [0, 0.1) is 0 Å². The Morgan fingerprint density at radius 1 is 1.20 bits per heavy atom. The molecule has 1 fully saturated rings. The van der Waals surface area contributed by atoms with Crippen molar-refractivity contribution in [2.24, 2.45) is 0 Å². The predicted octanol–water partition coefficient (Wildman–Crippen LogP) is 1.86. The minimum Gasteiger partial charge on any atom is -0.457 e. The molecule has 0 saturated carbocycles. The van der Waals surface area contributed by atoms with E-state index in [1.54, 1.807) is 25.3 Å². The van der Waals surface area contributed by atoms with E-state index in [1.165, 1.54) is 0 Å². The zero-order valence-corrected chi connectivity index (χ0v) is 14.0. The first-order valence-electron chi connectivity index (χ1n) is 8.16. The van der Waals surface area contributed by atoms with Crippen LogP contribution in [0.15, 0.2) is 54.7 Å². The molecule has 1 aromatic heterocycles. The number of nitrogens with zero attached hydrogens (tertiary/aromatic N) is 1. The summed E-state index contributed by atoms with van der Waals surface area (Å²) in [5.41, 5.74) is 1.66. The van der Waals surface area contributed by atoms with Gasteiger partial charge in [-0.05, 0) is 24.6 Å². The molecule has 0 bridgehead atoms. The van der Waals surface area contributed by atoms with Crippen molar-refractivity contribution in [1.29, 1.82) is 0 Å². The van der Waals surface area contributed by atoms with E-state index in [2.05, 4.69) is 4.98 Å². The third-order valence-electron chi connectivity index (χ3n) is 3.98. The molecule has 0 radical (unpaired) electrons. The van der Waals surface area contributed by atoms with Crippen LogP contribution in [0.4, 0.5) is 0 Å². The Hall–Kier alpha value is -2.28. The molecule has 0 spiro atoms. The SMILES string of the molecule is CC1(Cc2ccccc2)OC(CO)C(C(=O)OCc2ccccn2)O1. The van der Waals surface area contributed by atoms with Gasteiger partial charge in [0.15, 0.2) is 11.9 Å². The van der Waals surface area contributed by atoms with Crippen LogP contribution < -0.4 is 0 Å². The van der Waals surface area contributed by atoms with Gasteiger partial charge in [0.25, 0.3) is 0 Å². The molecule has 25 heavy (non-hydrogen) atoms. The lowest BCUT2D eigenvalue weighted by Gasteiger charge is -2.23. The average molecular weight is 343 g/mol. The molecule has 1 N–H and O–H groups in total. The van der Waals surface area contributed by atoms with E-state index in [1.807, 2.05) is 36.4 Å². The van der Waals surface area contributed by atoms with Crippen molar-refractivity contribution in [3.8, 4) is 0 Å². The van der Waals surface area contributed by atoms with Gasteiger partial charge >= 0.3 is 5.97 Å². The Kier molecular flexibility index (Phi) is 5.43. The lowest BCUT2D eigenvalue weighted by molar-refractivity contribution is -0.177. The number of aliphatic hydroxyl groups excluding tert-OH is 1. The monoisotopic (exact) mass is 343 g/mol. The van der Waals surface area contributed by atoms with E-state index in [9.17, 15) is 9.90 Å². The maximum Gasteiger partial charge on any atom is 0.338 e. The summed E-state index contributed by atoms with van der Waals surface area (Å²) in [4.78, 5) is 16.5. The Balaban J connectivity index is 1.63. The zero-order valence-electron chi connectivity index (χ0n) is 14.0. The van der Waals surface area contributed by atoms with Gasteiger partial charge in [0.2, 0.25) is 0 Å². The van der Waals surface area contributed by atoms with Crippen LogP contribution >= 0.6 is 0 Å². The van der Waals surface area contributed by atoms with Crippen LogP contribution in [-0.4, -0.2) is 40.7 Å². The second kappa shape index (κ2) is 7.74. The molecule has 1 saturated heterocycles. The number of benzene rings is 1. The number of ether oxygens (including phenoxy) is 3. The summed E-state index contributed by atoms with van der Waals surface area (Å²) < 4.78 is 16.9. The Morgan fingerprint density at radius 3 is 2.64 bits per heavy atom. The number of aromatic nitrogens is 1. The number of hydrogen-bond donors (Lipinski definition) is 1. The molecule has 3 atom stereocenters. The lowest BCUT2D eigenvalue weighted by atomic mass is 10.1. The minimum atomic E-state index is -0.997. The summed E-state index contributed by atoms with van der Waals surface area (Å²) in [6.07, 6.45) is 0.368. The average Bonchev–Trinajstić information content (AvgIpc) is 2.98. The summed E-state index contributed by atoms with van der Waals surface area (Å²) in [6, 6.07) is 15.1. The second-order valence-electron chi connectivity index (χ2n) is 6.10. The van der Waals surface area contributed by atoms with Crippen molar-refractivity contribution in [2.75, 3.05) is 6.61 Å². The van der Waals surface area contributed by atoms with Crippen molar-refractivity contribution in [1.82, 2.24) is 4.98 Å². The van der Waals surface area contributed by atoms with Crippen molar-refractivity contribution in [3.05, 3.63) is 66.0 Å². The van der Waals surface area contributed by atoms with Gasteiger partial charge in [-0.2, -0.15) is 0 Å². The zero-order chi connectivity index (χ0) is 17.7. The van der Waals surface area contributed by atoms with E-state index in [-0.39, 0.29) is 13.2 Å². The Morgan fingerprint density at radius 2 is 1.96 bits per heavy atom. The van der Waals surface area contributed by atoms with E-state index >= 15 is 0 Å². The molecule has 3 unspecified atom stereocenters. The number of hydrogen-bond acceptors (Lipinski definition) is 6. The molecule has 2 heterocycles. The van der Waals surface area contributed by atoms with Crippen LogP contribution in [0.1, 0.15) is 18.2 Å². The number of rotatable bonds is 6. The first kappa shape index (κ1) is 17.5. The van der Waals surface area contributed by atoms with Crippen molar-refractivity contribution < 1.29 is 24.1 Å². The molecule has 2 aromatic rings. The highest BCUT2D eigenvalue weighted by atomic mass is 16.8. The molecule has 6 heteroatoms. The maximum absolute atomic E-state index is 12.4. The van der Waals surface area contributed by atoms with Gasteiger partial charge in [-0.15, -0.1) is 0 Å². The fourth-order valence-electron chi connectivity index (χ4n) is 2.85. The van der Waals surface area contributed by atoms with Crippen molar-refractivity contribution >= 4 is 5.97 Å². The van der Waals surface area contributed by atoms with Crippen LogP contribution in [0.5, 0.6) is 0 Å². The van der Waals surface area contributed by atoms with Gasteiger partial charge in [-0.1, -0.05) is 36.4 Å². The second-order valence-corrected chi connectivity index (χ2v) is 6.10. The predicted molar refractivity (Wildman–Crippen MR) is 89.4 cm³/mol. The first-order chi connectivity index (χ1) is 12.1. The first-order valence-corrected chi connectivity index (χ1v) is 8.16. The highest BCUT2D eigenvalue weighted by molar-refractivity contribution is 5.75. The number of carbonyl (C=O) groups is 1. The number of pyridine rings is 1. The molecule has 1 aliphatic heterocycles. The molecular weight excluding hydrogens is 322 g/mol. The fourth-order valence-corrected chi connectivity index (χ4v) is 2.85. The summed E-state index contributed by atoms with van der Waals surface area (Å²) >= 11 is 0. The third kappa shape index (κ3) is 4.42. The molecule has 132 valence electrons. The third-order valence-corrected chi connectivity index (χ3v) is 3.98. The van der Waals surface area contributed by atoms with Gasteiger partial charge in [-0.25, -0.2) is 4.79 Å². The summed E-state index contributed by atoms with van der Waals surface area (Å²) in [6.45, 7) is 1.48. The van der Waals surface area contributed by atoms with Gasteiger partial charge in [-0.3, -0.25) is 4.98 Å². The Bertz CT molecular complexity index is 693. The topological polar surface area (TPSA) is 77.9 Å². The molecule has 3 rings (SSSR count). The minimum absolute atomic E-state index is 0.0487. The normalized spacial score (nSPS) is 25.7. The molecule has 0 amide bonds. The summed E-state index contributed by atoms with van der Waals surface area (Å²) in [5.74, 6) is -1.56. The summed E-state index contributed by atoms with van der Waals surface area (Å²) in [5, 5.41) is 9.54. The number of esters is 1. The standard InChI is InChI=1S/C19H21NO5/c1-19(11-14-7-3-2-4-8-14)24-16(12-21)17(25-19)18(22)23-13-15-9-5-6-10-20-15/h2-10,16-17,21H,11-13H2,1H3. The smallest absolute Gasteiger partial charge is 0.338 e.